The second-order valence-corrected chi connectivity index (χ2v) is 11.2. The first-order chi connectivity index (χ1) is 21.2. The van der Waals surface area contributed by atoms with Crippen molar-refractivity contribution >= 4 is 10.9 Å². The summed E-state index contributed by atoms with van der Waals surface area (Å²) in [5.41, 5.74) is 6.24. The molecule has 1 aliphatic heterocycles. The first kappa shape index (κ1) is 28.9. The molecule has 6 heteroatoms. The van der Waals surface area contributed by atoms with E-state index in [0.717, 1.165) is 84.7 Å². The highest BCUT2D eigenvalue weighted by molar-refractivity contribution is 5.94. The minimum atomic E-state index is -0.0898. The molecule has 0 amide bonds. The second kappa shape index (κ2) is 13.8. The Balaban J connectivity index is 1.21. The molecule has 43 heavy (non-hydrogen) atoms. The highest BCUT2D eigenvalue weighted by Gasteiger charge is 2.22. The summed E-state index contributed by atoms with van der Waals surface area (Å²) in [6, 6.07) is 35.2. The minimum Gasteiger partial charge on any atom is -0.462 e. The van der Waals surface area contributed by atoms with Crippen molar-refractivity contribution < 1.29 is 14.6 Å². The van der Waals surface area contributed by atoms with E-state index in [4.69, 9.17) is 14.6 Å². The van der Waals surface area contributed by atoms with Gasteiger partial charge in [0.05, 0.1) is 17.9 Å². The summed E-state index contributed by atoms with van der Waals surface area (Å²) in [5.74, 6) is 1.45. The maximum Gasteiger partial charge on any atom is 0.150 e. The van der Waals surface area contributed by atoms with Gasteiger partial charge in [0.15, 0.2) is 6.23 Å². The number of aliphatic hydroxyl groups is 1. The predicted octanol–water partition coefficient (Wildman–Crippen LogP) is 7.88. The second-order valence-electron chi connectivity index (χ2n) is 11.2. The Morgan fingerprint density at radius 3 is 2.28 bits per heavy atom. The number of ether oxygens (including phenoxy) is 2. The molecule has 1 aromatic heterocycles. The average Bonchev–Trinajstić information content (AvgIpc) is 3.44. The number of nitrogens with zero attached hydrogens (tertiary/aromatic N) is 3. The number of benzene rings is 4. The van der Waals surface area contributed by atoms with Crippen LogP contribution in [0.25, 0.3) is 22.2 Å². The summed E-state index contributed by atoms with van der Waals surface area (Å²) in [5, 5.41) is 15.8. The van der Waals surface area contributed by atoms with Crippen molar-refractivity contribution in [3.05, 3.63) is 132 Å². The van der Waals surface area contributed by atoms with Gasteiger partial charge in [0.2, 0.25) is 0 Å². The van der Waals surface area contributed by atoms with E-state index in [0.29, 0.717) is 6.42 Å². The van der Waals surface area contributed by atoms with Crippen molar-refractivity contribution in [2.45, 2.75) is 51.6 Å². The van der Waals surface area contributed by atoms with E-state index in [9.17, 15) is 5.11 Å². The average molecular weight is 574 g/mol. The zero-order valence-corrected chi connectivity index (χ0v) is 24.6. The Morgan fingerprint density at radius 1 is 0.884 bits per heavy atom. The summed E-state index contributed by atoms with van der Waals surface area (Å²) in [7, 11) is 0. The molecule has 5 aromatic rings. The van der Waals surface area contributed by atoms with Gasteiger partial charge in [-0.05, 0) is 60.2 Å². The summed E-state index contributed by atoms with van der Waals surface area (Å²) in [4.78, 5) is 2.43. The van der Waals surface area contributed by atoms with E-state index in [1.807, 2.05) is 35.0 Å². The van der Waals surface area contributed by atoms with Gasteiger partial charge in [-0.25, -0.2) is 4.68 Å². The first-order valence-electron chi connectivity index (χ1n) is 15.2. The van der Waals surface area contributed by atoms with Crippen LogP contribution in [0.3, 0.4) is 0 Å². The van der Waals surface area contributed by atoms with Crippen LogP contribution in [0, 0.1) is 0 Å². The topological polar surface area (TPSA) is 59.8 Å². The fraction of sp³-hybridized carbons (Fsp3) is 0.270. The van der Waals surface area contributed by atoms with Crippen molar-refractivity contribution in [2.75, 3.05) is 13.2 Å². The molecule has 6 nitrogen and oxygen atoms in total. The zero-order chi connectivity index (χ0) is 29.4. The Labute approximate surface area is 253 Å². The van der Waals surface area contributed by atoms with Gasteiger partial charge in [0.25, 0.3) is 0 Å². The largest absolute Gasteiger partial charge is 0.462 e. The molecule has 1 unspecified atom stereocenters. The van der Waals surface area contributed by atoms with Crippen LogP contribution in [0.2, 0.25) is 0 Å². The van der Waals surface area contributed by atoms with Crippen LogP contribution < -0.4 is 4.74 Å². The molecule has 1 saturated heterocycles. The molecule has 0 spiro atoms. The van der Waals surface area contributed by atoms with Crippen LogP contribution in [0.5, 0.6) is 5.75 Å². The Kier molecular flexibility index (Phi) is 9.28. The highest BCUT2D eigenvalue weighted by atomic mass is 16.5. The fourth-order valence-corrected chi connectivity index (χ4v) is 5.75. The van der Waals surface area contributed by atoms with Gasteiger partial charge in [-0.3, -0.25) is 4.90 Å². The summed E-state index contributed by atoms with van der Waals surface area (Å²) in [6.07, 6.45) is 3.75. The lowest BCUT2D eigenvalue weighted by molar-refractivity contribution is -0.0365. The predicted molar refractivity (Wildman–Crippen MR) is 171 cm³/mol. The smallest absolute Gasteiger partial charge is 0.150 e. The van der Waals surface area contributed by atoms with Gasteiger partial charge in [0, 0.05) is 43.6 Å². The van der Waals surface area contributed by atoms with Gasteiger partial charge in [0.1, 0.15) is 11.4 Å². The van der Waals surface area contributed by atoms with Gasteiger partial charge in [-0.15, -0.1) is 0 Å². The maximum atomic E-state index is 9.75. The normalized spacial score (nSPS) is 15.2. The third-order valence-corrected chi connectivity index (χ3v) is 7.96. The zero-order valence-electron chi connectivity index (χ0n) is 24.6. The molecule has 4 aromatic carbocycles. The number of rotatable bonds is 12. The molecule has 1 N–H and O–H groups in total. The van der Waals surface area contributed by atoms with Crippen LogP contribution >= 0.6 is 0 Å². The van der Waals surface area contributed by atoms with Gasteiger partial charge in [-0.1, -0.05) is 85.4 Å². The van der Waals surface area contributed by atoms with Crippen molar-refractivity contribution in [1.82, 2.24) is 14.7 Å². The Morgan fingerprint density at radius 2 is 1.60 bits per heavy atom. The summed E-state index contributed by atoms with van der Waals surface area (Å²) in [6.45, 7) is 7.54. The first-order valence-corrected chi connectivity index (χ1v) is 15.2. The number of hydrogen-bond donors (Lipinski definition) is 1. The molecule has 0 aliphatic carbocycles. The summed E-state index contributed by atoms with van der Waals surface area (Å²) >= 11 is 0. The van der Waals surface area contributed by atoms with E-state index >= 15 is 0 Å². The van der Waals surface area contributed by atoms with Gasteiger partial charge in [-0.2, -0.15) is 5.10 Å². The maximum absolute atomic E-state index is 9.75. The molecule has 0 bridgehead atoms. The molecule has 220 valence electrons. The highest BCUT2D eigenvalue weighted by Crippen LogP contribution is 2.35. The molecule has 1 atom stereocenters. The molecule has 1 fully saturated rings. The Hall–Kier alpha value is -4.23. The summed E-state index contributed by atoms with van der Waals surface area (Å²) < 4.78 is 14.5. The number of hydrogen-bond acceptors (Lipinski definition) is 5. The lowest BCUT2D eigenvalue weighted by Gasteiger charge is -2.23. The lowest BCUT2D eigenvalue weighted by Crippen LogP contribution is -2.24. The van der Waals surface area contributed by atoms with E-state index in [-0.39, 0.29) is 12.8 Å². The SMILES string of the molecule is C=C(CCN(Cc1ccccc1)Cc1ccccc1)Oc1ccc2c(c1)c(-c1cccc(CO)c1)nn2C1CCCCO1. The fourth-order valence-electron chi connectivity index (χ4n) is 5.75. The van der Waals surface area contributed by atoms with E-state index < -0.39 is 0 Å². The van der Waals surface area contributed by atoms with Crippen LogP contribution in [0.4, 0.5) is 0 Å². The van der Waals surface area contributed by atoms with E-state index in [1.165, 1.54) is 11.1 Å². The minimum absolute atomic E-state index is 0.0159. The molecule has 0 saturated carbocycles. The van der Waals surface area contributed by atoms with Crippen LogP contribution in [0.15, 0.2) is 115 Å². The molecule has 0 radical (unpaired) electrons. The van der Waals surface area contributed by atoms with Crippen molar-refractivity contribution in [3.8, 4) is 17.0 Å². The van der Waals surface area contributed by atoms with E-state index in [1.54, 1.807) is 0 Å². The Bertz CT molecular complexity index is 1600. The number of fused-ring (bicyclic) bond motifs is 1. The molecular weight excluding hydrogens is 534 g/mol. The number of aromatic nitrogens is 2. The quantitative estimate of drug-likeness (QED) is 0.154. The lowest BCUT2D eigenvalue weighted by atomic mass is 10.0. The van der Waals surface area contributed by atoms with Crippen LogP contribution in [-0.4, -0.2) is 32.9 Å². The van der Waals surface area contributed by atoms with Crippen LogP contribution in [0.1, 0.15) is 48.6 Å². The van der Waals surface area contributed by atoms with Crippen molar-refractivity contribution in [1.29, 1.82) is 0 Å². The standard InChI is InChI=1S/C37H39N3O3/c1-28(20-21-39(25-29-11-4-2-5-12-29)26-30-13-6-3-7-14-30)43-33-18-19-35-34(24-33)37(32-16-10-15-31(23-32)27-41)38-40(35)36-17-8-9-22-42-36/h2-7,10-16,18-19,23-24,36,41H,1,8-9,17,20-22,25-27H2. The molecule has 2 heterocycles. The molecule has 6 rings (SSSR count). The van der Waals surface area contributed by atoms with Gasteiger partial charge < -0.3 is 14.6 Å². The molecular formula is C37H39N3O3. The third kappa shape index (κ3) is 7.23. The number of aliphatic hydroxyl groups excluding tert-OH is 1. The third-order valence-electron chi connectivity index (χ3n) is 7.96. The van der Waals surface area contributed by atoms with E-state index in [2.05, 4.69) is 84.3 Å². The monoisotopic (exact) mass is 573 g/mol. The van der Waals surface area contributed by atoms with Crippen molar-refractivity contribution in [2.24, 2.45) is 0 Å². The van der Waals surface area contributed by atoms with Crippen LogP contribution in [-0.2, 0) is 24.4 Å². The van der Waals surface area contributed by atoms with Crippen molar-refractivity contribution in [3.63, 3.8) is 0 Å². The molecule has 1 aliphatic rings. The van der Waals surface area contributed by atoms with Gasteiger partial charge >= 0.3 is 0 Å².